The summed E-state index contributed by atoms with van der Waals surface area (Å²) in [6.45, 7) is 5.75. The SMILES string of the molecule is CCCCCCNC(=NC)NCCNS(=O)(=O)c1ccc(C)cc1.I. The third-order valence-electron chi connectivity index (χ3n) is 3.59. The number of benzene rings is 1. The van der Waals surface area contributed by atoms with Crippen LogP contribution >= 0.6 is 24.0 Å². The van der Waals surface area contributed by atoms with Gasteiger partial charge in [-0.1, -0.05) is 43.9 Å². The second kappa shape index (κ2) is 13.3. The fourth-order valence-corrected chi connectivity index (χ4v) is 3.18. The molecular formula is C17H31IN4O2S. The Morgan fingerprint density at radius 2 is 1.64 bits per heavy atom. The van der Waals surface area contributed by atoms with Crippen molar-refractivity contribution < 1.29 is 8.42 Å². The van der Waals surface area contributed by atoms with Crippen LogP contribution in [-0.4, -0.2) is 41.1 Å². The molecule has 3 N–H and O–H groups in total. The number of rotatable bonds is 10. The van der Waals surface area contributed by atoms with Gasteiger partial charge in [0.1, 0.15) is 0 Å². The lowest BCUT2D eigenvalue weighted by Crippen LogP contribution is -2.41. The van der Waals surface area contributed by atoms with E-state index in [1.807, 2.05) is 6.92 Å². The second-order valence-electron chi connectivity index (χ2n) is 5.70. The van der Waals surface area contributed by atoms with Crippen molar-refractivity contribution in [1.82, 2.24) is 15.4 Å². The fraction of sp³-hybridized carbons (Fsp3) is 0.588. The zero-order chi connectivity index (χ0) is 17.8. The van der Waals surface area contributed by atoms with Gasteiger partial charge in [0, 0.05) is 26.7 Å². The van der Waals surface area contributed by atoms with E-state index in [4.69, 9.17) is 0 Å². The zero-order valence-corrected chi connectivity index (χ0v) is 18.5. The lowest BCUT2D eigenvalue weighted by molar-refractivity contribution is 0.580. The summed E-state index contributed by atoms with van der Waals surface area (Å²) in [7, 11) is -1.75. The predicted molar refractivity (Wildman–Crippen MR) is 115 cm³/mol. The first-order valence-electron chi connectivity index (χ1n) is 8.50. The highest BCUT2D eigenvalue weighted by molar-refractivity contribution is 14.0. The van der Waals surface area contributed by atoms with Crippen LogP contribution in [0.15, 0.2) is 34.2 Å². The van der Waals surface area contributed by atoms with E-state index in [0.717, 1.165) is 18.5 Å². The van der Waals surface area contributed by atoms with Crippen LogP contribution in [0.3, 0.4) is 0 Å². The molecule has 0 amide bonds. The molecule has 0 aromatic heterocycles. The third kappa shape index (κ3) is 10.0. The molecule has 1 rings (SSSR count). The molecule has 0 spiro atoms. The van der Waals surface area contributed by atoms with Crippen molar-refractivity contribution in [2.45, 2.75) is 44.4 Å². The summed E-state index contributed by atoms with van der Waals surface area (Å²) in [6, 6.07) is 6.80. The number of guanidine groups is 1. The van der Waals surface area contributed by atoms with E-state index in [2.05, 4.69) is 27.3 Å². The van der Waals surface area contributed by atoms with Gasteiger partial charge in [-0.2, -0.15) is 0 Å². The number of aliphatic imine (C=N–C) groups is 1. The Morgan fingerprint density at radius 3 is 2.24 bits per heavy atom. The maximum absolute atomic E-state index is 12.1. The Hall–Kier alpha value is -0.870. The topological polar surface area (TPSA) is 82.6 Å². The second-order valence-corrected chi connectivity index (χ2v) is 7.46. The van der Waals surface area contributed by atoms with Gasteiger partial charge >= 0.3 is 0 Å². The van der Waals surface area contributed by atoms with E-state index in [1.54, 1.807) is 31.3 Å². The smallest absolute Gasteiger partial charge is 0.240 e. The first-order chi connectivity index (χ1) is 11.5. The molecule has 0 heterocycles. The van der Waals surface area contributed by atoms with Crippen LogP contribution in [0.5, 0.6) is 0 Å². The van der Waals surface area contributed by atoms with Gasteiger partial charge in [-0.05, 0) is 25.5 Å². The quantitative estimate of drug-likeness (QED) is 0.207. The molecular weight excluding hydrogens is 451 g/mol. The number of hydrogen-bond donors (Lipinski definition) is 3. The van der Waals surface area contributed by atoms with Crippen LogP contribution in [0.4, 0.5) is 0 Å². The van der Waals surface area contributed by atoms with Crippen molar-refractivity contribution in [2.75, 3.05) is 26.7 Å². The third-order valence-corrected chi connectivity index (χ3v) is 5.06. The first-order valence-corrected chi connectivity index (χ1v) is 9.98. The lowest BCUT2D eigenvalue weighted by Gasteiger charge is -2.12. The Labute approximate surface area is 169 Å². The van der Waals surface area contributed by atoms with Crippen LogP contribution in [0.25, 0.3) is 0 Å². The van der Waals surface area contributed by atoms with Gasteiger partial charge in [-0.15, -0.1) is 24.0 Å². The molecule has 1 aromatic rings. The van der Waals surface area contributed by atoms with Crippen molar-refractivity contribution >= 4 is 40.0 Å². The summed E-state index contributed by atoms with van der Waals surface area (Å²) >= 11 is 0. The average Bonchev–Trinajstić information content (AvgIpc) is 2.57. The molecule has 0 saturated heterocycles. The number of hydrogen-bond acceptors (Lipinski definition) is 3. The van der Waals surface area contributed by atoms with Crippen LogP contribution in [-0.2, 0) is 10.0 Å². The first kappa shape index (κ1) is 24.1. The molecule has 0 atom stereocenters. The van der Waals surface area contributed by atoms with Crippen molar-refractivity contribution in [3.8, 4) is 0 Å². The van der Waals surface area contributed by atoms with Gasteiger partial charge in [-0.25, -0.2) is 13.1 Å². The number of nitrogens with one attached hydrogen (secondary N) is 3. The van der Waals surface area contributed by atoms with Crippen molar-refractivity contribution in [3.63, 3.8) is 0 Å². The van der Waals surface area contributed by atoms with Gasteiger partial charge < -0.3 is 10.6 Å². The summed E-state index contributed by atoms with van der Waals surface area (Å²) < 4.78 is 26.9. The van der Waals surface area contributed by atoms with Crippen LogP contribution in [0, 0.1) is 6.92 Å². The van der Waals surface area contributed by atoms with E-state index in [-0.39, 0.29) is 28.9 Å². The number of halogens is 1. The van der Waals surface area contributed by atoms with E-state index in [1.165, 1.54) is 19.3 Å². The summed E-state index contributed by atoms with van der Waals surface area (Å²) in [5.74, 6) is 0.695. The number of unbranched alkanes of at least 4 members (excludes halogenated alkanes) is 3. The molecule has 1 aromatic carbocycles. The summed E-state index contributed by atoms with van der Waals surface area (Å²) in [5.41, 5.74) is 1.03. The highest BCUT2D eigenvalue weighted by Gasteiger charge is 2.12. The molecule has 6 nitrogen and oxygen atoms in total. The molecule has 25 heavy (non-hydrogen) atoms. The minimum absolute atomic E-state index is 0. The lowest BCUT2D eigenvalue weighted by atomic mass is 10.2. The molecule has 0 aliphatic rings. The van der Waals surface area contributed by atoms with Crippen molar-refractivity contribution in [1.29, 1.82) is 0 Å². The maximum Gasteiger partial charge on any atom is 0.240 e. The zero-order valence-electron chi connectivity index (χ0n) is 15.3. The Bertz CT molecular complexity index is 604. The molecule has 8 heteroatoms. The fourth-order valence-electron chi connectivity index (χ4n) is 2.15. The Balaban J connectivity index is 0.00000576. The van der Waals surface area contributed by atoms with Gasteiger partial charge in [0.05, 0.1) is 4.90 Å². The van der Waals surface area contributed by atoms with Gasteiger partial charge in [0.2, 0.25) is 10.0 Å². The minimum atomic E-state index is -3.46. The molecule has 0 fully saturated rings. The van der Waals surface area contributed by atoms with Crippen molar-refractivity contribution in [2.24, 2.45) is 4.99 Å². The van der Waals surface area contributed by atoms with E-state index >= 15 is 0 Å². The van der Waals surface area contributed by atoms with Gasteiger partial charge in [-0.3, -0.25) is 4.99 Å². The number of aryl methyl sites for hydroxylation is 1. The maximum atomic E-state index is 12.1. The molecule has 0 aliphatic heterocycles. The number of sulfonamides is 1. The summed E-state index contributed by atoms with van der Waals surface area (Å²) in [5, 5.41) is 6.33. The van der Waals surface area contributed by atoms with Crippen LogP contribution < -0.4 is 15.4 Å². The van der Waals surface area contributed by atoms with Crippen LogP contribution in [0.1, 0.15) is 38.2 Å². The normalized spacial score (nSPS) is 11.7. The van der Waals surface area contributed by atoms with Gasteiger partial charge in [0.25, 0.3) is 0 Å². The summed E-state index contributed by atoms with van der Waals surface area (Å²) in [6.07, 6.45) is 4.77. The molecule has 0 unspecified atom stereocenters. The van der Waals surface area contributed by atoms with E-state index in [9.17, 15) is 8.42 Å². The predicted octanol–water partition coefficient (Wildman–Crippen LogP) is 2.64. The van der Waals surface area contributed by atoms with Crippen molar-refractivity contribution in [3.05, 3.63) is 29.8 Å². The van der Waals surface area contributed by atoms with Gasteiger partial charge in [0.15, 0.2) is 5.96 Å². The average molecular weight is 482 g/mol. The summed E-state index contributed by atoms with van der Waals surface area (Å²) in [4.78, 5) is 4.41. The Kier molecular flexibility index (Phi) is 12.9. The Morgan fingerprint density at radius 1 is 1.00 bits per heavy atom. The largest absolute Gasteiger partial charge is 0.356 e. The van der Waals surface area contributed by atoms with E-state index < -0.39 is 10.0 Å². The molecule has 0 radical (unpaired) electrons. The molecule has 144 valence electrons. The number of nitrogens with zero attached hydrogens (tertiary/aromatic N) is 1. The molecule has 0 bridgehead atoms. The highest BCUT2D eigenvalue weighted by Crippen LogP contribution is 2.09. The molecule has 0 saturated carbocycles. The minimum Gasteiger partial charge on any atom is -0.356 e. The monoisotopic (exact) mass is 482 g/mol. The van der Waals surface area contributed by atoms with Crippen LogP contribution in [0.2, 0.25) is 0 Å². The van der Waals surface area contributed by atoms with E-state index in [0.29, 0.717) is 19.0 Å². The standard InChI is InChI=1S/C17H30N4O2S.HI/c1-4-5-6-7-12-19-17(18-3)20-13-14-21-24(22,23)16-10-8-15(2)9-11-16;/h8-11,21H,4-7,12-14H2,1-3H3,(H2,18,19,20);1H. The molecule has 0 aliphatic carbocycles. The highest BCUT2D eigenvalue weighted by atomic mass is 127.